The monoisotopic (exact) mass is 604 g/mol. The number of aliphatic carboxylic acids is 1. The molecule has 0 spiro atoms. The van der Waals surface area contributed by atoms with Crippen LogP contribution in [-0.2, 0) is 24.1 Å². The van der Waals surface area contributed by atoms with Crippen molar-refractivity contribution in [3.05, 3.63) is 111 Å². The van der Waals surface area contributed by atoms with Gasteiger partial charge in [-0.15, -0.1) is 0 Å². The molecule has 4 nitrogen and oxygen atoms in total. The van der Waals surface area contributed by atoms with Gasteiger partial charge in [-0.2, -0.15) is 0 Å². The van der Waals surface area contributed by atoms with Crippen LogP contribution in [0.3, 0.4) is 0 Å². The highest BCUT2D eigenvalue weighted by Crippen LogP contribution is 2.33. The van der Waals surface area contributed by atoms with Crippen molar-refractivity contribution in [3.8, 4) is 5.75 Å². The van der Waals surface area contributed by atoms with E-state index < -0.39 is 12.1 Å². The van der Waals surface area contributed by atoms with Gasteiger partial charge in [-0.3, -0.25) is 0 Å². The van der Waals surface area contributed by atoms with Crippen molar-refractivity contribution >= 4 is 50.3 Å². The summed E-state index contributed by atoms with van der Waals surface area (Å²) in [6.07, 6.45) is 3.33. The highest BCUT2D eigenvalue weighted by Gasteiger charge is 2.22. The molecule has 0 amide bonds. The van der Waals surface area contributed by atoms with Crippen molar-refractivity contribution in [1.82, 2.24) is 0 Å². The molecule has 5 heteroatoms. The Bertz CT molecular complexity index is 1540. The predicted molar refractivity (Wildman–Crippen MR) is 156 cm³/mol. The minimum Gasteiger partial charge on any atom is -0.478 e. The normalized spacial score (nSPS) is 12.2. The topological polar surface area (TPSA) is 59.7 Å². The van der Waals surface area contributed by atoms with Crippen LogP contribution in [0.5, 0.6) is 5.75 Å². The first-order valence-corrected chi connectivity index (χ1v) is 13.7. The Morgan fingerprint density at radius 3 is 2.51 bits per heavy atom. The number of unbranched alkanes of at least 4 members (excludes halogenated alkanes) is 1. The lowest BCUT2D eigenvalue weighted by Gasteiger charge is -2.17. The SMILES string of the molecule is CCCCc1oc2ccccc2c1Cc1ccc2c(I)c(OC(Cc3ccccc3)C(=O)O)ccc2c1. The number of hydrogen-bond donors (Lipinski definition) is 1. The van der Waals surface area contributed by atoms with E-state index in [9.17, 15) is 9.90 Å². The molecule has 1 atom stereocenters. The number of furan rings is 1. The third-order valence-corrected chi connectivity index (χ3v) is 7.82. The molecule has 0 aliphatic heterocycles. The van der Waals surface area contributed by atoms with Crippen LogP contribution in [0.2, 0.25) is 0 Å². The zero-order valence-corrected chi connectivity index (χ0v) is 22.9. The van der Waals surface area contributed by atoms with E-state index in [0.717, 1.165) is 56.9 Å². The zero-order chi connectivity index (χ0) is 25.8. The summed E-state index contributed by atoms with van der Waals surface area (Å²) >= 11 is 2.26. The molecule has 0 fully saturated rings. The average Bonchev–Trinajstić information content (AvgIpc) is 3.26. The third-order valence-electron chi connectivity index (χ3n) is 6.71. The Balaban J connectivity index is 1.42. The van der Waals surface area contributed by atoms with E-state index in [1.807, 2.05) is 54.6 Å². The summed E-state index contributed by atoms with van der Waals surface area (Å²) in [6, 6.07) is 28.2. The van der Waals surface area contributed by atoms with Crippen molar-refractivity contribution in [2.75, 3.05) is 0 Å². The Hall–Kier alpha value is -3.32. The van der Waals surface area contributed by atoms with Crippen LogP contribution in [0.25, 0.3) is 21.7 Å². The van der Waals surface area contributed by atoms with Gasteiger partial charge >= 0.3 is 5.97 Å². The molecule has 4 aromatic carbocycles. The van der Waals surface area contributed by atoms with E-state index in [1.165, 1.54) is 16.5 Å². The third kappa shape index (κ3) is 5.67. The van der Waals surface area contributed by atoms with Crippen molar-refractivity contribution in [2.24, 2.45) is 0 Å². The van der Waals surface area contributed by atoms with Gasteiger partial charge in [-0.1, -0.05) is 86.1 Å². The Labute approximate surface area is 230 Å². The summed E-state index contributed by atoms with van der Waals surface area (Å²) in [7, 11) is 0. The Kier molecular flexibility index (Phi) is 7.79. The minimum atomic E-state index is -0.971. The largest absolute Gasteiger partial charge is 0.478 e. The predicted octanol–water partition coefficient (Wildman–Crippen LogP) is 8.20. The first-order valence-electron chi connectivity index (χ1n) is 12.7. The van der Waals surface area contributed by atoms with Gasteiger partial charge in [-0.25, -0.2) is 4.79 Å². The molecule has 37 heavy (non-hydrogen) atoms. The number of rotatable bonds is 10. The van der Waals surface area contributed by atoms with Crippen LogP contribution in [0, 0.1) is 3.57 Å². The number of carboxylic acids is 1. The van der Waals surface area contributed by atoms with Crippen LogP contribution in [0.1, 0.15) is 42.2 Å². The molecule has 5 aromatic rings. The van der Waals surface area contributed by atoms with Crippen molar-refractivity contribution in [1.29, 1.82) is 0 Å². The second-order valence-electron chi connectivity index (χ2n) is 9.35. The van der Waals surface area contributed by atoms with E-state index >= 15 is 0 Å². The number of ether oxygens (including phenoxy) is 1. The summed E-state index contributed by atoms with van der Waals surface area (Å²) in [4.78, 5) is 11.9. The van der Waals surface area contributed by atoms with Crippen LogP contribution in [0.4, 0.5) is 0 Å². The van der Waals surface area contributed by atoms with Crippen LogP contribution >= 0.6 is 22.6 Å². The fraction of sp³-hybridized carbons (Fsp3) is 0.219. The highest BCUT2D eigenvalue weighted by molar-refractivity contribution is 14.1. The molecule has 0 radical (unpaired) electrons. The Morgan fingerprint density at radius 1 is 0.946 bits per heavy atom. The maximum atomic E-state index is 11.9. The zero-order valence-electron chi connectivity index (χ0n) is 20.7. The van der Waals surface area contributed by atoms with Gasteiger partial charge in [0.05, 0.1) is 3.57 Å². The standard InChI is InChI=1S/C32H29IO4/c1-2-3-12-28-26(25-11-7-8-13-27(25)36-28)19-22-14-16-24-23(18-22)15-17-29(31(24)33)37-30(32(34)35)20-21-9-5-4-6-10-21/h4-11,13-18,30H,2-3,12,19-20H2,1H3,(H,34,35). The molecule has 0 saturated carbocycles. The fourth-order valence-corrected chi connectivity index (χ4v) is 5.57. The maximum Gasteiger partial charge on any atom is 0.345 e. The number of hydrogen-bond acceptors (Lipinski definition) is 3. The number of halogens is 1. The van der Waals surface area contributed by atoms with Gasteiger partial charge in [0.1, 0.15) is 17.1 Å². The molecule has 1 N–H and O–H groups in total. The summed E-state index contributed by atoms with van der Waals surface area (Å²) in [5.41, 5.74) is 4.36. The summed E-state index contributed by atoms with van der Waals surface area (Å²) in [5, 5.41) is 13.1. The molecule has 0 saturated heterocycles. The van der Waals surface area contributed by atoms with Gasteiger partial charge < -0.3 is 14.3 Å². The number of carboxylic acid groups (broad SMARTS) is 1. The summed E-state index contributed by atoms with van der Waals surface area (Å²) < 4.78 is 13.2. The first-order chi connectivity index (χ1) is 18.0. The second kappa shape index (κ2) is 11.4. The van der Waals surface area contributed by atoms with Crippen LogP contribution < -0.4 is 4.74 Å². The lowest BCUT2D eigenvalue weighted by Crippen LogP contribution is -2.29. The van der Waals surface area contributed by atoms with E-state index in [2.05, 4.69) is 59.8 Å². The highest BCUT2D eigenvalue weighted by atomic mass is 127. The average molecular weight is 604 g/mol. The molecule has 1 aromatic heterocycles. The molecule has 0 bridgehead atoms. The van der Waals surface area contributed by atoms with Crippen LogP contribution in [-0.4, -0.2) is 17.2 Å². The summed E-state index contributed by atoms with van der Waals surface area (Å²) in [5.74, 6) is 0.702. The number of carbonyl (C=O) groups is 1. The van der Waals surface area contributed by atoms with E-state index in [0.29, 0.717) is 12.2 Å². The molecule has 1 heterocycles. The molecular weight excluding hydrogens is 575 g/mol. The van der Waals surface area contributed by atoms with Gasteiger partial charge in [0.2, 0.25) is 0 Å². The van der Waals surface area contributed by atoms with Crippen molar-refractivity contribution < 1.29 is 19.1 Å². The van der Waals surface area contributed by atoms with Gasteiger partial charge in [-0.05, 0) is 63.0 Å². The summed E-state index contributed by atoms with van der Waals surface area (Å²) in [6.45, 7) is 2.20. The molecule has 0 aliphatic carbocycles. The van der Waals surface area contributed by atoms with Crippen LogP contribution in [0.15, 0.2) is 89.3 Å². The first kappa shape index (κ1) is 25.3. The fourth-order valence-electron chi connectivity index (χ4n) is 4.77. The Morgan fingerprint density at radius 2 is 1.73 bits per heavy atom. The van der Waals surface area contributed by atoms with Crippen molar-refractivity contribution in [2.45, 2.75) is 45.1 Å². The molecule has 5 rings (SSSR count). The molecular formula is C32H29IO4. The number of aryl methyl sites for hydroxylation is 1. The molecule has 0 aliphatic rings. The minimum absolute atomic E-state index is 0.308. The van der Waals surface area contributed by atoms with Gasteiger partial charge in [0.25, 0.3) is 0 Å². The maximum absolute atomic E-state index is 11.9. The number of benzene rings is 4. The van der Waals surface area contributed by atoms with E-state index in [4.69, 9.17) is 9.15 Å². The van der Waals surface area contributed by atoms with Gasteiger partial charge in [0.15, 0.2) is 6.10 Å². The molecule has 1 unspecified atom stereocenters. The number of para-hydroxylation sites is 1. The lowest BCUT2D eigenvalue weighted by atomic mass is 9.97. The van der Waals surface area contributed by atoms with Crippen molar-refractivity contribution in [3.63, 3.8) is 0 Å². The lowest BCUT2D eigenvalue weighted by molar-refractivity contribution is -0.145. The molecule has 188 valence electrons. The quantitative estimate of drug-likeness (QED) is 0.163. The smallest absolute Gasteiger partial charge is 0.345 e. The second-order valence-corrected chi connectivity index (χ2v) is 10.4. The van der Waals surface area contributed by atoms with Gasteiger partial charge in [0, 0.05) is 30.2 Å². The number of fused-ring (bicyclic) bond motifs is 2. The van der Waals surface area contributed by atoms with E-state index in [-0.39, 0.29) is 0 Å². The van der Waals surface area contributed by atoms with E-state index in [1.54, 1.807) is 0 Å².